The standard InChI is InChI=1S/C20H24N4O2S/c1-23-13-16(12-22-23)19(25)21-11-14-6-8-24(9-7-14)20(26)18-10-15-4-2-3-5-17(15)27-18/h2-5,12-14,18H,6-11H2,1H3,(H,21,25). The molecule has 2 aromatic rings. The number of carbonyl (C=O) groups is 2. The van der Waals surface area contributed by atoms with Gasteiger partial charge >= 0.3 is 0 Å². The highest BCUT2D eigenvalue weighted by Crippen LogP contribution is 2.38. The smallest absolute Gasteiger partial charge is 0.254 e. The highest BCUT2D eigenvalue weighted by atomic mass is 32.2. The average molecular weight is 385 g/mol. The second kappa shape index (κ2) is 7.76. The Hall–Kier alpha value is -2.28. The molecule has 2 aliphatic heterocycles. The first-order valence-electron chi connectivity index (χ1n) is 9.40. The van der Waals surface area contributed by atoms with Gasteiger partial charge in [0.25, 0.3) is 5.91 Å². The lowest BCUT2D eigenvalue weighted by atomic mass is 9.96. The maximum atomic E-state index is 12.9. The maximum Gasteiger partial charge on any atom is 0.254 e. The van der Waals surface area contributed by atoms with E-state index in [1.807, 2.05) is 17.0 Å². The molecule has 2 aliphatic rings. The zero-order chi connectivity index (χ0) is 18.8. The van der Waals surface area contributed by atoms with Crippen molar-refractivity contribution < 1.29 is 9.59 Å². The van der Waals surface area contributed by atoms with Gasteiger partial charge in [-0.1, -0.05) is 18.2 Å². The molecule has 1 aromatic heterocycles. The van der Waals surface area contributed by atoms with Gasteiger partial charge in [0.05, 0.1) is 17.0 Å². The summed E-state index contributed by atoms with van der Waals surface area (Å²) in [6, 6.07) is 8.29. The first-order chi connectivity index (χ1) is 13.1. The molecular formula is C20H24N4O2S. The number of benzene rings is 1. The van der Waals surface area contributed by atoms with Gasteiger partial charge in [0.1, 0.15) is 0 Å². The third-order valence-electron chi connectivity index (χ3n) is 5.37. The Labute approximate surface area is 163 Å². The molecule has 0 radical (unpaired) electrons. The number of nitrogens with one attached hydrogen (secondary N) is 1. The van der Waals surface area contributed by atoms with E-state index in [1.54, 1.807) is 35.9 Å². The van der Waals surface area contributed by atoms with Crippen molar-refractivity contribution in [2.75, 3.05) is 19.6 Å². The molecule has 142 valence electrons. The van der Waals surface area contributed by atoms with Crippen molar-refractivity contribution in [3.8, 4) is 0 Å². The molecule has 0 bridgehead atoms. The molecular weight excluding hydrogens is 360 g/mol. The number of aromatic nitrogens is 2. The predicted molar refractivity (Wildman–Crippen MR) is 105 cm³/mol. The molecule has 4 rings (SSSR count). The Kier molecular flexibility index (Phi) is 5.20. The fourth-order valence-corrected chi connectivity index (χ4v) is 5.04. The van der Waals surface area contributed by atoms with Crippen molar-refractivity contribution in [3.63, 3.8) is 0 Å². The number of hydrogen-bond donors (Lipinski definition) is 1. The lowest BCUT2D eigenvalue weighted by Gasteiger charge is -2.33. The summed E-state index contributed by atoms with van der Waals surface area (Å²) in [5.41, 5.74) is 1.87. The van der Waals surface area contributed by atoms with Gasteiger partial charge in [-0.2, -0.15) is 5.10 Å². The number of fused-ring (bicyclic) bond motifs is 1. The third kappa shape index (κ3) is 4.03. The highest BCUT2D eigenvalue weighted by molar-refractivity contribution is 8.01. The summed E-state index contributed by atoms with van der Waals surface area (Å²) in [4.78, 5) is 28.2. The minimum atomic E-state index is -0.0817. The van der Waals surface area contributed by atoms with Gasteiger partial charge in [-0.25, -0.2) is 0 Å². The van der Waals surface area contributed by atoms with Crippen molar-refractivity contribution in [3.05, 3.63) is 47.8 Å². The van der Waals surface area contributed by atoms with Crippen LogP contribution < -0.4 is 5.32 Å². The summed E-state index contributed by atoms with van der Waals surface area (Å²) in [6.07, 6.45) is 6.00. The van der Waals surface area contributed by atoms with Crippen LogP contribution >= 0.6 is 11.8 Å². The summed E-state index contributed by atoms with van der Waals surface area (Å²) in [6.45, 7) is 2.21. The molecule has 2 amide bonds. The molecule has 0 aliphatic carbocycles. The zero-order valence-corrected chi connectivity index (χ0v) is 16.2. The maximum absolute atomic E-state index is 12.9. The van der Waals surface area contributed by atoms with Gasteiger partial charge in [-0.3, -0.25) is 14.3 Å². The number of amides is 2. The normalized spacial score (nSPS) is 19.7. The minimum absolute atomic E-state index is 0.0178. The number of rotatable bonds is 4. The number of likely N-dealkylation sites (tertiary alicyclic amines) is 1. The second-order valence-electron chi connectivity index (χ2n) is 7.30. The number of nitrogens with zero attached hydrogens (tertiary/aromatic N) is 3. The number of piperidine rings is 1. The third-order valence-corrected chi connectivity index (χ3v) is 6.67. The van der Waals surface area contributed by atoms with E-state index in [0.29, 0.717) is 18.0 Å². The Morgan fingerprint density at radius 3 is 2.74 bits per heavy atom. The summed E-state index contributed by atoms with van der Waals surface area (Å²) < 4.78 is 1.62. The summed E-state index contributed by atoms with van der Waals surface area (Å²) >= 11 is 1.70. The molecule has 1 saturated heterocycles. The molecule has 1 unspecified atom stereocenters. The van der Waals surface area contributed by atoms with E-state index in [4.69, 9.17) is 0 Å². The molecule has 0 saturated carbocycles. The fraction of sp³-hybridized carbons (Fsp3) is 0.450. The number of hydrogen-bond acceptors (Lipinski definition) is 4. The second-order valence-corrected chi connectivity index (χ2v) is 8.54. The minimum Gasteiger partial charge on any atom is -0.352 e. The monoisotopic (exact) mass is 384 g/mol. The molecule has 27 heavy (non-hydrogen) atoms. The fourth-order valence-electron chi connectivity index (χ4n) is 3.76. The molecule has 1 N–H and O–H groups in total. The van der Waals surface area contributed by atoms with Gasteiger partial charge in [-0.05, 0) is 36.8 Å². The van der Waals surface area contributed by atoms with E-state index < -0.39 is 0 Å². The lowest BCUT2D eigenvalue weighted by molar-refractivity contribution is -0.131. The van der Waals surface area contributed by atoms with Crippen molar-refractivity contribution in [1.82, 2.24) is 20.0 Å². The van der Waals surface area contributed by atoms with E-state index in [0.717, 1.165) is 32.4 Å². The molecule has 1 aromatic carbocycles. The molecule has 0 spiro atoms. The molecule has 6 nitrogen and oxygen atoms in total. The van der Waals surface area contributed by atoms with Crippen LogP contribution in [0.15, 0.2) is 41.6 Å². The average Bonchev–Trinajstić information content (AvgIpc) is 3.32. The van der Waals surface area contributed by atoms with E-state index in [-0.39, 0.29) is 17.1 Å². The van der Waals surface area contributed by atoms with Crippen molar-refractivity contribution in [2.45, 2.75) is 29.4 Å². The lowest BCUT2D eigenvalue weighted by Crippen LogP contribution is -2.44. The van der Waals surface area contributed by atoms with E-state index in [2.05, 4.69) is 22.5 Å². The Balaban J connectivity index is 1.23. The SMILES string of the molecule is Cn1cc(C(=O)NCC2CCN(C(=O)C3Cc4ccccc4S3)CC2)cn1. The van der Waals surface area contributed by atoms with Gasteiger partial charge < -0.3 is 10.2 Å². The van der Waals surface area contributed by atoms with Crippen LogP contribution in [-0.4, -0.2) is 51.4 Å². The van der Waals surface area contributed by atoms with Crippen LogP contribution in [0, 0.1) is 5.92 Å². The molecule has 1 atom stereocenters. The molecule has 1 fully saturated rings. The Morgan fingerprint density at radius 2 is 2.04 bits per heavy atom. The Bertz CT molecular complexity index is 817. The largest absolute Gasteiger partial charge is 0.352 e. The first-order valence-corrected chi connectivity index (χ1v) is 10.3. The number of aryl methyl sites for hydroxylation is 1. The Morgan fingerprint density at radius 1 is 1.26 bits per heavy atom. The number of thioether (sulfide) groups is 1. The molecule has 3 heterocycles. The van der Waals surface area contributed by atoms with Crippen LogP contribution in [0.1, 0.15) is 28.8 Å². The highest BCUT2D eigenvalue weighted by Gasteiger charge is 2.33. The van der Waals surface area contributed by atoms with Gasteiger partial charge in [0.2, 0.25) is 5.91 Å². The topological polar surface area (TPSA) is 67.2 Å². The number of carbonyl (C=O) groups excluding carboxylic acids is 2. The zero-order valence-electron chi connectivity index (χ0n) is 15.4. The predicted octanol–water partition coefficient (Wildman–Crippen LogP) is 2.11. The van der Waals surface area contributed by atoms with Gasteiger partial charge in [0, 0.05) is 37.8 Å². The van der Waals surface area contributed by atoms with Crippen LogP contribution in [-0.2, 0) is 18.3 Å². The quantitative estimate of drug-likeness (QED) is 0.877. The van der Waals surface area contributed by atoms with Crippen molar-refractivity contribution >= 4 is 23.6 Å². The van der Waals surface area contributed by atoms with Crippen LogP contribution in [0.5, 0.6) is 0 Å². The van der Waals surface area contributed by atoms with Crippen LogP contribution in [0.3, 0.4) is 0 Å². The van der Waals surface area contributed by atoms with E-state index in [9.17, 15) is 9.59 Å². The first kappa shape index (κ1) is 18.1. The molecule has 7 heteroatoms. The van der Waals surface area contributed by atoms with Gasteiger partial charge in [0.15, 0.2) is 0 Å². The van der Waals surface area contributed by atoms with E-state index in [1.165, 1.54) is 10.5 Å². The van der Waals surface area contributed by atoms with Crippen molar-refractivity contribution in [1.29, 1.82) is 0 Å². The van der Waals surface area contributed by atoms with Crippen molar-refractivity contribution in [2.24, 2.45) is 13.0 Å². The summed E-state index contributed by atoms with van der Waals surface area (Å²) in [5, 5.41) is 7.04. The summed E-state index contributed by atoms with van der Waals surface area (Å²) in [5.74, 6) is 0.596. The summed E-state index contributed by atoms with van der Waals surface area (Å²) in [7, 11) is 1.80. The van der Waals surface area contributed by atoms with Crippen LogP contribution in [0.2, 0.25) is 0 Å². The van der Waals surface area contributed by atoms with E-state index >= 15 is 0 Å². The van der Waals surface area contributed by atoms with Gasteiger partial charge in [-0.15, -0.1) is 11.8 Å². The van der Waals surface area contributed by atoms with Crippen LogP contribution in [0.25, 0.3) is 0 Å². The van der Waals surface area contributed by atoms with Crippen LogP contribution in [0.4, 0.5) is 0 Å².